The minimum absolute atomic E-state index is 0.349. The molecule has 0 aliphatic carbocycles. The average Bonchev–Trinajstić information content (AvgIpc) is 2.76. The summed E-state index contributed by atoms with van der Waals surface area (Å²) < 4.78 is 10.3. The second-order valence-corrected chi connectivity index (χ2v) is 7.72. The fourth-order valence-electron chi connectivity index (χ4n) is 2.76. The summed E-state index contributed by atoms with van der Waals surface area (Å²) in [6, 6.07) is 6.95. The van der Waals surface area contributed by atoms with Crippen LogP contribution in [0.1, 0.15) is 31.8 Å². The number of anilines is 2. The van der Waals surface area contributed by atoms with Gasteiger partial charge in [-0.1, -0.05) is 0 Å². The van der Waals surface area contributed by atoms with Crippen molar-refractivity contribution in [2.45, 2.75) is 13.8 Å². The number of nitrogens with zero attached hydrogens (tertiary/aromatic N) is 2. The third kappa shape index (κ3) is 5.91. The van der Waals surface area contributed by atoms with E-state index in [0.29, 0.717) is 22.5 Å². The molecule has 1 heterocycles. The van der Waals surface area contributed by atoms with Crippen molar-refractivity contribution in [2.75, 3.05) is 25.7 Å². The normalized spacial score (nSPS) is 9.97. The lowest BCUT2D eigenvalue weighted by atomic mass is 9.99. The number of benzene rings is 2. The first kappa shape index (κ1) is 24.1. The third-order valence-electron chi connectivity index (χ3n) is 4.41. The molecule has 31 heavy (non-hydrogen) atoms. The van der Waals surface area contributed by atoms with Crippen LogP contribution in [-0.2, 0) is 9.47 Å². The number of nitrogen functional groups attached to an aromatic ring is 2. The van der Waals surface area contributed by atoms with Gasteiger partial charge in [-0.25, -0.2) is 19.6 Å². The highest BCUT2D eigenvalue weighted by atomic mass is 127. The van der Waals surface area contributed by atoms with Gasteiger partial charge in [-0.15, -0.1) is 0 Å². The van der Waals surface area contributed by atoms with Gasteiger partial charge in [-0.3, -0.25) is 0 Å². The number of hydrogen-bond donors (Lipinski definition) is 2. The smallest absolute Gasteiger partial charge is 0.339 e. The van der Waals surface area contributed by atoms with Gasteiger partial charge in [-0.2, -0.15) is 0 Å². The molecule has 9 heteroatoms. The molecule has 0 unspecified atom stereocenters. The van der Waals surface area contributed by atoms with Gasteiger partial charge < -0.3 is 20.9 Å². The van der Waals surface area contributed by atoms with Crippen LogP contribution in [0.5, 0.6) is 0 Å². The van der Waals surface area contributed by atoms with Crippen molar-refractivity contribution in [3.63, 3.8) is 0 Å². The summed E-state index contributed by atoms with van der Waals surface area (Å²) in [5, 5.41) is 0. The number of halogens is 1. The first-order chi connectivity index (χ1) is 14.7. The Hall–Kier alpha value is -3.21. The largest absolute Gasteiger partial charge is 0.465 e. The van der Waals surface area contributed by atoms with Gasteiger partial charge in [-0.05, 0) is 77.4 Å². The molecular weight excluding hydrogens is 511 g/mol. The van der Waals surface area contributed by atoms with Gasteiger partial charge in [0.2, 0.25) is 0 Å². The number of esters is 2. The first-order valence-corrected chi connectivity index (χ1v) is 10.1. The van der Waals surface area contributed by atoms with Gasteiger partial charge in [0, 0.05) is 32.9 Å². The zero-order valence-electron chi connectivity index (χ0n) is 17.6. The summed E-state index contributed by atoms with van der Waals surface area (Å²) in [6.45, 7) is 3.86. The molecule has 8 nitrogen and oxygen atoms in total. The lowest BCUT2D eigenvalue weighted by molar-refractivity contribution is 0.0593. The number of aryl methyl sites for hydroxylation is 2. The van der Waals surface area contributed by atoms with E-state index in [0.717, 1.165) is 25.8 Å². The predicted octanol–water partition coefficient (Wildman–Crippen LogP) is 3.79. The van der Waals surface area contributed by atoms with Gasteiger partial charge in [0.05, 0.1) is 25.3 Å². The molecule has 3 aromatic rings. The highest BCUT2D eigenvalue weighted by Gasteiger charge is 2.14. The first-order valence-electron chi connectivity index (χ1n) is 9.07. The fourth-order valence-corrected chi connectivity index (χ4v) is 3.22. The molecular formula is C22H23IN4O4. The molecule has 0 bridgehead atoms. The SMILES string of the molecule is COC(=O)c1cc(-c2cncnc2)c(C)cc1N.COC(=O)c1cc(I)c(C)cc1N. The summed E-state index contributed by atoms with van der Waals surface area (Å²) in [6.07, 6.45) is 4.83. The number of carbonyl (C=O) groups excluding carboxylic acids is 2. The quantitative estimate of drug-likeness (QED) is 0.295. The zero-order chi connectivity index (χ0) is 23.1. The van der Waals surface area contributed by atoms with E-state index in [4.69, 9.17) is 16.2 Å². The van der Waals surface area contributed by atoms with Crippen LogP contribution in [-0.4, -0.2) is 36.1 Å². The molecule has 0 radical (unpaired) electrons. The second-order valence-electron chi connectivity index (χ2n) is 6.55. The molecule has 4 N–H and O–H groups in total. The minimum Gasteiger partial charge on any atom is -0.465 e. The third-order valence-corrected chi connectivity index (χ3v) is 5.57. The lowest BCUT2D eigenvalue weighted by Gasteiger charge is -2.10. The number of aromatic nitrogens is 2. The van der Waals surface area contributed by atoms with E-state index in [1.54, 1.807) is 36.7 Å². The number of hydrogen-bond acceptors (Lipinski definition) is 8. The zero-order valence-corrected chi connectivity index (χ0v) is 19.8. The van der Waals surface area contributed by atoms with Crippen molar-refractivity contribution < 1.29 is 19.1 Å². The minimum atomic E-state index is -0.453. The summed E-state index contributed by atoms with van der Waals surface area (Å²) >= 11 is 2.15. The monoisotopic (exact) mass is 534 g/mol. The summed E-state index contributed by atoms with van der Waals surface area (Å²) in [5.74, 6) is -0.846. The molecule has 0 saturated heterocycles. The Morgan fingerprint density at radius 2 is 1.32 bits per heavy atom. The highest BCUT2D eigenvalue weighted by molar-refractivity contribution is 14.1. The van der Waals surface area contributed by atoms with Crippen molar-refractivity contribution in [1.29, 1.82) is 0 Å². The van der Waals surface area contributed by atoms with Gasteiger partial charge in [0.25, 0.3) is 0 Å². The lowest BCUT2D eigenvalue weighted by Crippen LogP contribution is -2.06. The summed E-state index contributed by atoms with van der Waals surface area (Å²) in [4.78, 5) is 30.7. The Balaban J connectivity index is 0.000000233. The molecule has 0 saturated carbocycles. The van der Waals surface area contributed by atoms with Gasteiger partial charge in [0.15, 0.2) is 0 Å². The van der Waals surface area contributed by atoms with Crippen molar-refractivity contribution in [3.05, 3.63) is 68.8 Å². The van der Waals surface area contributed by atoms with Crippen LogP contribution < -0.4 is 11.5 Å². The van der Waals surface area contributed by atoms with Crippen LogP contribution in [0.4, 0.5) is 11.4 Å². The van der Waals surface area contributed by atoms with Crippen LogP contribution in [0.2, 0.25) is 0 Å². The van der Waals surface area contributed by atoms with E-state index in [1.165, 1.54) is 20.5 Å². The van der Waals surface area contributed by atoms with Crippen LogP contribution in [0.3, 0.4) is 0 Å². The molecule has 1 aromatic heterocycles. The van der Waals surface area contributed by atoms with E-state index < -0.39 is 11.9 Å². The van der Waals surface area contributed by atoms with Crippen molar-refractivity contribution in [1.82, 2.24) is 9.97 Å². The van der Waals surface area contributed by atoms with Crippen molar-refractivity contribution in [3.8, 4) is 11.1 Å². The van der Waals surface area contributed by atoms with E-state index in [1.807, 2.05) is 13.8 Å². The Kier molecular flexibility index (Phi) is 8.31. The topological polar surface area (TPSA) is 130 Å². The number of rotatable bonds is 3. The van der Waals surface area contributed by atoms with E-state index >= 15 is 0 Å². The molecule has 2 aromatic carbocycles. The maximum absolute atomic E-state index is 11.6. The van der Waals surface area contributed by atoms with Crippen LogP contribution in [0.25, 0.3) is 11.1 Å². The number of nitrogens with two attached hydrogens (primary N) is 2. The number of methoxy groups -OCH3 is 2. The maximum Gasteiger partial charge on any atom is 0.339 e. The molecule has 0 spiro atoms. The van der Waals surface area contributed by atoms with E-state index in [9.17, 15) is 9.59 Å². The second kappa shape index (κ2) is 10.7. The fraction of sp³-hybridized carbons (Fsp3) is 0.182. The van der Waals surface area contributed by atoms with Gasteiger partial charge >= 0.3 is 11.9 Å². The molecule has 0 aliphatic heterocycles. The van der Waals surface area contributed by atoms with Crippen molar-refractivity contribution >= 4 is 45.9 Å². The molecule has 0 amide bonds. The maximum atomic E-state index is 11.6. The molecule has 3 rings (SSSR count). The summed E-state index contributed by atoms with van der Waals surface area (Å²) in [7, 11) is 2.67. The number of ether oxygens (including phenoxy) is 2. The average molecular weight is 534 g/mol. The van der Waals surface area contributed by atoms with Crippen LogP contribution in [0, 0.1) is 17.4 Å². The Morgan fingerprint density at radius 1 is 0.839 bits per heavy atom. The van der Waals surface area contributed by atoms with Crippen LogP contribution >= 0.6 is 22.6 Å². The standard InChI is InChI=1S/C13H13N3O2.C9H10INO2/c1-8-3-12(14)11(13(17)18-2)4-10(8)9-5-15-7-16-6-9;1-5-3-8(11)6(4-7(5)10)9(12)13-2/h3-7H,14H2,1-2H3;3-4H,11H2,1-2H3. The Morgan fingerprint density at radius 3 is 1.84 bits per heavy atom. The molecule has 0 aliphatic rings. The van der Waals surface area contributed by atoms with E-state index in [2.05, 4.69) is 37.3 Å². The molecule has 0 fully saturated rings. The van der Waals surface area contributed by atoms with Crippen LogP contribution in [0.15, 0.2) is 43.0 Å². The summed E-state index contributed by atoms with van der Waals surface area (Å²) in [5.41, 5.74) is 16.8. The van der Waals surface area contributed by atoms with E-state index in [-0.39, 0.29) is 0 Å². The Labute approximate surface area is 194 Å². The predicted molar refractivity (Wildman–Crippen MR) is 128 cm³/mol. The molecule has 162 valence electrons. The molecule has 0 atom stereocenters. The van der Waals surface area contributed by atoms with Crippen molar-refractivity contribution in [2.24, 2.45) is 0 Å². The highest BCUT2D eigenvalue weighted by Crippen LogP contribution is 2.27. The number of carbonyl (C=O) groups is 2. The Bertz CT molecular complexity index is 1100. The van der Waals surface area contributed by atoms with Gasteiger partial charge in [0.1, 0.15) is 6.33 Å².